The molecule has 3 aromatic rings. The predicted octanol–water partition coefficient (Wildman–Crippen LogP) is 3.12. The number of amides is 1. The molecule has 1 aromatic heterocycles. The lowest BCUT2D eigenvalue weighted by Gasteiger charge is -2.09. The number of hydrogen-bond donors (Lipinski definition) is 2. The maximum Gasteiger partial charge on any atom is 0.261 e. The average molecular weight is 381 g/mol. The largest absolute Gasteiger partial charge is 0.346 e. The van der Waals surface area contributed by atoms with Gasteiger partial charge in [-0.15, -0.1) is 0 Å². The molecule has 7 heteroatoms. The first-order valence-electron chi connectivity index (χ1n) is 8.32. The van der Waals surface area contributed by atoms with E-state index in [1.807, 2.05) is 19.1 Å². The lowest BCUT2D eigenvalue weighted by molar-refractivity contribution is 0.0950. The Kier molecular flexibility index (Phi) is 5.52. The van der Waals surface area contributed by atoms with Crippen molar-refractivity contribution in [3.8, 4) is 0 Å². The molecule has 0 aliphatic rings. The van der Waals surface area contributed by atoms with E-state index in [1.165, 1.54) is 24.3 Å². The number of para-hydroxylation sites is 1. The molecule has 2 N–H and O–H groups in total. The van der Waals surface area contributed by atoms with Crippen molar-refractivity contribution < 1.29 is 13.2 Å². The second-order valence-electron chi connectivity index (χ2n) is 5.95. The summed E-state index contributed by atoms with van der Waals surface area (Å²) in [5, 5.41) is 2.79. The van der Waals surface area contributed by atoms with Crippen molar-refractivity contribution in [3.05, 3.63) is 89.7 Å². The molecular weight excluding hydrogens is 362 g/mol. The van der Waals surface area contributed by atoms with Crippen molar-refractivity contribution in [2.24, 2.45) is 0 Å². The third kappa shape index (κ3) is 4.71. The molecular formula is C20H19N3O3S. The molecule has 0 fully saturated rings. The van der Waals surface area contributed by atoms with Crippen LogP contribution < -0.4 is 10.0 Å². The van der Waals surface area contributed by atoms with E-state index in [0.717, 1.165) is 11.3 Å². The first-order chi connectivity index (χ1) is 13.0. The lowest BCUT2D eigenvalue weighted by Crippen LogP contribution is -2.24. The van der Waals surface area contributed by atoms with Gasteiger partial charge in [0.1, 0.15) is 0 Å². The summed E-state index contributed by atoms with van der Waals surface area (Å²) >= 11 is 0. The quantitative estimate of drug-likeness (QED) is 0.687. The fourth-order valence-electron chi connectivity index (χ4n) is 2.48. The second-order valence-corrected chi connectivity index (χ2v) is 7.63. The van der Waals surface area contributed by atoms with E-state index in [2.05, 4.69) is 15.0 Å². The molecule has 2 aromatic carbocycles. The minimum absolute atomic E-state index is 0.0865. The number of carbonyl (C=O) groups is 1. The molecule has 3 rings (SSSR count). The second kappa shape index (κ2) is 8.01. The molecule has 27 heavy (non-hydrogen) atoms. The first kappa shape index (κ1) is 18.6. The van der Waals surface area contributed by atoms with Gasteiger partial charge in [0, 0.05) is 17.4 Å². The van der Waals surface area contributed by atoms with Crippen molar-refractivity contribution >= 4 is 21.6 Å². The summed E-state index contributed by atoms with van der Waals surface area (Å²) in [6, 6.07) is 18.2. The Balaban J connectivity index is 1.67. The molecule has 0 bridgehead atoms. The van der Waals surface area contributed by atoms with Crippen LogP contribution in [0.25, 0.3) is 0 Å². The number of sulfonamides is 1. The fraction of sp³-hybridized carbons (Fsp3) is 0.100. The molecule has 0 saturated carbocycles. The van der Waals surface area contributed by atoms with Crippen LogP contribution in [0.4, 0.5) is 5.69 Å². The summed E-state index contributed by atoms with van der Waals surface area (Å²) < 4.78 is 27.3. The molecule has 138 valence electrons. The van der Waals surface area contributed by atoms with Gasteiger partial charge in [0.05, 0.1) is 17.1 Å². The van der Waals surface area contributed by atoms with Crippen LogP contribution in [0.15, 0.2) is 77.8 Å². The highest BCUT2D eigenvalue weighted by Gasteiger charge is 2.15. The predicted molar refractivity (Wildman–Crippen MR) is 104 cm³/mol. The lowest BCUT2D eigenvalue weighted by atomic mass is 10.2. The smallest absolute Gasteiger partial charge is 0.261 e. The average Bonchev–Trinajstić information content (AvgIpc) is 2.68. The number of nitrogens with one attached hydrogen (secondary N) is 2. The first-order valence-corrected chi connectivity index (χ1v) is 9.81. The topological polar surface area (TPSA) is 88.2 Å². The Hall–Kier alpha value is -3.19. The standard InChI is InChI=1S/C20H19N3O3S/c1-15-6-5-13-21-19(15)14-22-20(24)16-9-11-18(12-10-16)27(25,26)23-17-7-3-2-4-8-17/h2-13,23H,14H2,1H3,(H,22,24). The minimum atomic E-state index is -3.71. The summed E-state index contributed by atoms with van der Waals surface area (Å²) in [4.78, 5) is 16.6. The maximum absolute atomic E-state index is 12.4. The van der Waals surface area contributed by atoms with Crippen molar-refractivity contribution in [3.63, 3.8) is 0 Å². The molecule has 0 saturated heterocycles. The number of nitrogens with zero attached hydrogens (tertiary/aromatic N) is 1. The van der Waals surface area contributed by atoms with E-state index in [0.29, 0.717) is 17.8 Å². The van der Waals surface area contributed by atoms with Crippen molar-refractivity contribution in [1.82, 2.24) is 10.3 Å². The van der Waals surface area contributed by atoms with E-state index < -0.39 is 10.0 Å². The third-order valence-electron chi connectivity index (χ3n) is 3.99. The summed E-state index contributed by atoms with van der Waals surface area (Å²) in [6.07, 6.45) is 1.67. The number of anilines is 1. The minimum Gasteiger partial charge on any atom is -0.346 e. The number of pyridine rings is 1. The van der Waals surface area contributed by atoms with Gasteiger partial charge in [-0.1, -0.05) is 24.3 Å². The van der Waals surface area contributed by atoms with Crippen LogP contribution >= 0.6 is 0 Å². The monoisotopic (exact) mass is 381 g/mol. The third-order valence-corrected chi connectivity index (χ3v) is 5.38. The number of aryl methyl sites for hydroxylation is 1. The Labute approximate surface area is 158 Å². The number of hydrogen-bond acceptors (Lipinski definition) is 4. The van der Waals surface area contributed by atoms with Gasteiger partial charge in [0.2, 0.25) is 0 Å². The van der Waals surface area contributed by atoms with Gasteiger partial charge in [-0.05, 0) is 55.0 Å². The van der Waals surface area contributed by atoms with Gasteiger partial charge in [0.15, 0.2) is 0 Å². The number of benzene rings is 2. The molecule has 0 aliphatic carbocycles. The van der Waals surface area contributed by atoms with Gasteiger partial charge in [-0.2, -0.15) is 0 Å². The fourth-order valence-corrected chi connectivity index (χ4v) is 3.53. The Morgan fingerprint density at radius 3 is 2.33 bits per heavy atom. The van der Waals surface area contributed by atoms with E-state index in [-0.39, 0.29) is 10.8 Å². The van der Waals surface area contributed by atoms with Crippen LogP contribution in [0.3, 0.4) is 0 Å². The molecule has 1 heterocycles. The van der Waals surface area contributed by atoms with Crippen LogP contribution in [0.2, 0.25) is 0 Å². The zero-order valence-corrected chi connectivity index (χ0v) is 15.5. The van der Waals surface area contributed by atoms with E-state index in [1.54, 1.807) is 36.5 Å². The summed E-state index contributed by atoms with van der Waals surface area (Å²) in [5.74, 6) is -0.292. The molecule has 6 nitrogen and oxygen atoms in total. The molecule has 0 unspecified atom stereocenters. The van der Waals surface area contributed by atoms with Crippen molar-refractivity contribution in [1.29, 1.82) is 0 Å². The van der Waals surface area contributed by atoms with Crippen LogP contribution in [-0.2, 0) is 16.6 Å². The van der Waals surface area contributed by atoms with Gasteiger partial charge >= 0.3 is 0 Å². The Bertz CT molecular complexity index is 1030. The Morgan fingerprint density at radius 2 is 1.67 bits per heavy atom. The zero-order chi connectivity index (χ0) is 19.3. The molecule has 0 aliphatic heterocycles. The van der Waals surface area contributed by atoms with E-state index in [4.69, 9.17) is 0 Å². The summed E-state index contributed by atoms with van der Waals surface area (Å²) in [6.45, 7) is 2.23. The van der Waals surface area contributed by atoms with Crippen LogP contribution in [-0.4, -0.2) is 19.3 Å². The van der Waals surface area contributed by atoms with Crippen LogP contribution in [0.1, 0.15) is 21.6 Å². The van der Waals surface area contributed by atoms with E-state index >= 15 is 0 Å². The molecule has 0 atom stereocenters. The summed E-state index contributed by atoms with van der Waals surface area (Å²) in [7, 11) is -3.71. The van der Waals surface area contributed by atoms with E-state index in [9.17, 15) is 13.2 Å². The highest BCUT2D eigenvalue weighted by atomic mass is 32.2. The number of carbonyl (C=O) groups excluding carboxylic acids is 1. The van der Waals surface area contributed by atoms with Gasteiger partial charge in [-0.3, -0.25) is 14.5 Å². The van der Waals surface area contributed by atoms with Crippen molar-refractivity contribution in [2.75, 3.05) is 4.72 Å². The Morgan fingerprint density at radius 1 is 0.963 bits per heavy atom. The highest BCUT2D eigenvalue weighted by Crippen LogP contribution is 2.16. The highest BCUT2D eigenvalue weighted by molar-refractivity contribution is 7.92. The zero-order valence-electron chi connectivity index (χ0n) is 14.7. The van der Waals surface area contributed by atoms with Gasteiger partial charge < -0.3 is 5.32 Å². The van der Waals surface area contributed by atoms with Crippen molar-refractivity contribution in [2.45, 2.75) is 18.4 Å². The molecule has 1 amide bonds. The number of aromatic nitrogens is 1. The molecule has 0 radical (unpaired) electrons. The van der Waals surface area contributed by atoms with Gasteiger partial charge in [-0.25, -0.2) is 8.42 Å². The maximum atomic E-state index is 12.4. The summed E-state index contributed by atoms with van der Waals surface area (Å²) in [5.41, 5.74) is 2.63. The van der Waals surface area contributed by atoms with Crippen LogP contribution in [0.5, 0.6) is 0 Å². The SMILES string of the molecule is Cc1cccnc1CNC(=O)c1ccc(S(=O)(=O)Nc2ccccc2)cc1. The van der Waals surface area contributed by atoms with Gasteiger partial charge in [0.25, 0.3) is 15.9 Å². The molecule has 0 spiro atoms. The number of rotatable bonds is 6. The van der Waals surface area contributed by atoms with Crippen LogP contribution in [0, 0.1) is 6.92 Å². The normalized spacial score (nSPS) is 11.0.